The van der Waals surface area contributed by atoms with E-state index in [1.54, 1.807) is 17.7 Å². The summed E-state index contributed by atoms with van der Waals surface area (Å²) in [5.41, 5.74) is 8.19. The Hall–Kier alpha value is -3.26. The van der Waals surface area contributed by atoms with E-state index in [0.717, 1.165) is 55.6 Å². The van der Waals surface area contributed by atoms with Gasteiger partial charge in [0.25, 0.3) is 0 Å². The van der Waals surface area contributed by atoms with E-state index in [1.165, 1.54) is 5.56 Å². The van der Waals surface area contributed by atoms with Crippen molar-refractivity contribution in [2.75, 3.05) is 11.9 Å². The number of H-pyrrole nitrogens is 1. The molecule has 2 N–H and O–H groups in total. The predicted molar refractivity (Wildman–Crippen MR) is 122 cm³/mol. The highest BCUT2D eigenvalue weighted by molar-refractivity contribution is 7.21. The second kappa shape index (κ2) is 7.21. The van der Waals surface area contributed by atoms with Crippen LogP contribution in [-0.2, 0) is 0 Å². The van der Waals surface area contributed by atoms with Crippen molar-refractivity contribution in [1.82, 2.24) is 29.8 Å². The molecule has 0 atom stereocenters. The highest BCUT2D eigenvalue weighted by atomic mass is 32.1. The van der Waals surface area contributed by atoms with Crippen molar-refractivity contribution in [2.45, 2.75) is 33.6 Å². The minimum absolute atomic E-state index is 0.282. The molecule has 0 fully saturated rings. The van der Waals surface area contributed by atoms with E-state index < -0.39 is 0 Å². The molecule has 152 valence electrons. The molecule has 0 bridgehead atoms. The molecule has 5 rings (SSSR count). The number of hydrogen-bond donors (Lipinski definition) is 2. The Bertz CT molecular complexity index is 1360. The Balaban J connectivity index is 1.64. The monoisotopic (exact) mass is 417 g/mol. The van der Waals surface area contributed by atoms with Crippen LogP contribution in [0.3, 0.4) is 0 Å². The zero-order valence-electron chi connectivity index (χ0n) is 17.4. The lowest BCUT2D eigenvalue weighted by atomic mass is 9.97. The number of thiazole rings is 1. The molecule has 0 unspecified atom stereocenters. The van der Waals surface area contributed by atoms with Gasteiger partial charge in [0.05, 0.1) is 15.9 Å². The van der Waals surface area contributed by atoms with Crippen LogP contribution in [0, 0.1) is 6.92 Å². The lowest BCUT2D eigenvalue weighted by Crippen LogP contribution is -1.96. The summed E-state index contributed by atoms with van der Waals surface area (Å²) < 4.78 is 2.97. The molecule has 0 saturated carbocycles. The average Bonchev–Trinajstić information content (AvgIpc) is 3.44. The third kappa shape index (κ3) is 3.04. The Morgan fingerprint density at radius 1 is 1.23 bits per heavy atom. The van der Waals surface area contributed by atoms with Gasteiger partial charge in [0.15, 0.2) is 5.65 Å². The quantitative estimate of drug-likeness (QED) is 0.407. The first kappa shape index (κ1) is 18.7. The van der Waals surface area contributed by atoms with Gasteiger partial charge < -0.3 is 5.32 Å². The lowest BCUT2D eigenvalue weighted by Gasteiger charge is -2.09. The minimum Gasteiger partial charge on any atom is -0.385 e. The van der Waals surface area contributed by atoms with Gasteiger partial charge in [-0.25, -0.2) is 14.5 Å². The Morgan fingerprint density at radius 2 is 2.10 bits per heavy atom. The van der Waals surface area contributed by atoms with Gasteiger partial charge in [-0.2, -0.15) is 10.2 Å². The predicted octanol–water partition coefficient (Wildman–Crippen LogP) is 5.26. The number of nitrogens with one attached hydrogen (secondary N) is 2. The first-order chi connectivity index (χ1) is 14.5. The molecule has 0 amide bonds. The first-order valence-corrected chi connectivity index (χ1v) is 10.9. The van der Waals surface area contributed by atoms with E-state index in [2.05, 4.69) is 72.5 Å². The zero-order valence-corrected chi connectivity index (χ0v) is 18.2. The standard InChI is InChI=1S/C22H23N7S/c1-5-23-15-6-7-16-17(9-15)30-22(26-16)20-18(12(2)3)19(27-28-20)14-8-13(4)21-24-11-25-29(21)10-14/h6-12,23H,5H2,1-4H3,(H,27,28). The molecule has 0 spiro atoms. The van der Waals surface area contributed by atoms with Crippen LogP contribution in [0.25, 0.3) is 37.8 Å². The van der Waals surface area contributed by atoms with E-state index in [1.807, 2.05) is 10.7 Å². The normalized spacial score (nSPS) is 11.8. The molecule has 4 heterocycles. The van der Waals surface area contributed by atoms with E-state index >= 15 is 0 Å². The number of pyridine rings is 1. The zero-order chi connectivity index (χ0) is 20.8. The van der Waals surface area contributed by atoms with Gasteiger partial charge in [0.1, 0.15) is 17.0 Å². The fourth-order valence-electron chi connectivity index (χ4n) is 3.87. The molecule has 0 radical (unpaired) electrons. The summed E-state index contributed by atoms with van der Waals surface area (Å²) in [5, 5.41) is 16.6. The molecule has 0 aliphatic heterocycles. The number of aromatic amines is 1. The number of hydrogen-bond acceptors (Lipinski definition) is 6. The molecule has 0 aliphatic carbocycles. The van der Waals surface area contributed by atoms with Crippen LogP contribution in [-0.4, -0.2) is 36.3 Å². The molecular formula is C22H23N7S. The summed E-state index contributed by atoms with van der Waals surface area (Å²) in [5.74, 6) is 0.282. The largest absolute Gasteiger partial charge is 0.385 e. The van der Waals surface area contributed by atoms with Gasteiger partial charge in [0, 0.05) is 29.6 Å². The molecule has 4 aromatic heterocycles. The fraction of sp³-hybridized carbons (Fsp3) is 0.273. The minimum atomic E-state index is 0.282. The average molecular weight is 418 g/mol. The maximum Gasteiger partial charge on any atom is 0.158 e. The Morgan fingerprint density at radius 3 is 2.90 bits per heavy atom. The Labute approximate surface area is 178 Å². The molecule has 0 aliphatic rings. The van der Waals surface area contributed by atoms with Gasteiger partial charge in [-0.05, 0) is 49.6 Å². The summed E-state index contributed by atoms with van der Waals surface area (Å²) in [4.78, 5) is 9.19. The fourth-order valence-corrected chi connectivity index (χ4v) is 4.88. The van der Waals surface area contributed by atoms with Crippen molar-refractivity contribution >= 4 is 32.9 Å². The number of nitrogens with zero attached hydrogens (tertiary/aromatic N) is 5. The summed E-state index contributed by atoms with van der Waals surface area (Å²) in [6, 6.07) is 8.43. The van der Waals surface area contributed by atoms with Gasteiger partial charge in [-0.15, -0.1) is 11.3 Å². The molecule has 30 heavy (non-hydrogen) atoms. The van der Waals surface area contributed by atoms with Gasteiger partial charge in [-0.1, -0.05) is 13.8 Å². The molecule has 1 aromatic carbocycles. The number of benzene rings is 1. The van der Waals surface area contributed by atoms with Crippen molar-refractivity contribution in [2.24, 2.45) is 0 Å². The van der Waals surface area contributed by atoms with Crippen LogP contribution in [0.2, 0.25) is 0 Å². The maximum absolute atomic E-state index is 4.87. The highest BCUT2D eigenvalue weighted by Gasteiger charge is 2.22. The molecule has 7 nitrogen and oxygen atoms in total. The summed E-state index contributed by atoms with van der Waals surface area (Å²) in [6.45, 7) is 9.42. The van der Waals surface area contributed by atoms with Gasteiger partial charge >= 0.3 is 0 Å². The van der Waals surface area contributed by atoms with Crippen molar-refractivity contribution < 1.29 is 0 Å². The van der Waals surface area contributed by atoms with Crippen LogP contribution in [0.15, 0.2) is 36.8 Å². The van der Waals surface area contributed by atoms with Crippen molar-refractivity contribution in [3.63, 3.8) is 0 Å². The maximum atomic E-state index is 4.87. The van der Waals surface area contributed by atoms with Crippen LogP contribution >= 0.6 is 11.3 Å². The first-order valence-electron chi connectivity index (χ1n) is 10.1. The van der Waals surface area contributed by atoms with Gasteiger partial charge in [0.2, 0.25) is 0 Å². The number of fused-ring (bicyclic) bond motifs is 2. The topological polar surface area (TPSA) is 83.8 Å². The van der Waals surface area contributed by atoms with E-state index in [4.69, 9.17) is 10.1 Å². The third-order valence-electron chi connectivity index (χ3n) is 5.20. The van der Waals surface area contributed by atoms with E-state index in [0.29, 0.717) is 0 Å². The van der Waals surface area contributed by atoms with Crippen LogP contribution in [0.4, 0.5) is 5.69 Å². The van der Waals surface area contributed by atoms with Crippen molar-refractivity contribution in [3.8, 4) is 22.0 Å². The number of anilines is 1. The van der Waals surface area contributed by atoms with E-state index in [-0.39, 0.29) is 5.92 Å². The number of rotatable bonds is 5. The number of aromatic nitrogens is 6. The summed E-state index contributed by atoms with van der Waals surface area (Å²) in [7, 11) is 0. The van der Waals surface area contributed by atoms with Crippen LogP contribution in [0.1, 0.15) is 37.8 Å². The SMILES string of the molecule is CCNc1ccc2nc(-c3n[nH]c(-c4cc(C)c5ncnn5c4)c3C(C)C)sc2c1. The second-order valence-corrected chi connectivity index (χ2v) is 8.72. The Kier molecular flexibility index (Phi) is 4.51. The van der Waals surface area contributed by atoms with Crippen molar-refractivity contribution in [1.29, 1.82) is 0 Å². The van der Waals surface area contributed by atoms with E-state index in [9.17, 15) is 0 Å². The van der Waals surface area contributed by atoms with Crippen LogP contribution < -0.4 is 5.32 Å². The molecule has 5 aromatic rings. The van der Waals surface area contributed by atoms with Gasteiger partial charge in [-0.3, -0.25) is 5.10 Å². The molecule has 8 heteroatoms. The molecule has 0 saturated heterocycles. The second-order valence-electron chi connectivity index (χ2n) is 7.69. The highest BCUT2D eigenvalue weighted by Crippen LogP contribution is 2.39. The molecular weight excluding hydrogens is 394 g/mol. The smallest absolute Gasteiger partial charge is 0.158 e. The third-order valence-corrected chi connectivity index (χ3v) is 6.23. The van der Waals surface area contributed by atoms with Crippen LogP contribution in [0.5, 0.6) is 0 Å². The number of aryl methyl sites for hydroxylation is 1. The summed E-state index contributed by atoms with van der Waals surface area (Å²) >= 11 is 1.68. The lowest BCUT2D eigenvalue weighted by molar-refractivity contribution is 0.871. The summed E-state index contributed by atoms with van der Waals surface area (Å²) in [6.07, 6.45) is 3.58. The van der Waals surface area contributed by atoms with Crippen molar-refractivity contribution in [3.05, 3.63) is 47.9 Å².